The van der Waals surface area contributed by atoms with Crippen LogP contribution in [0.15, 0.2) is 16.7 Å². The summed E-state index contributed by atoms with van der Waals surface area (Å²) in [6.45, 7) is 6.27. The molecule has 0 aromatic carbocycles. The fraction of sp³-hybridized carbons (Fsp3) is 0.455. The number of methoxy groups -OCH3 is 1. The van der Waals surface area contributed by atoms with E-state index in [-0.39, 0.29) is 5.41 Å². The van der Waals surface area contributed by atoms with E-state index in [2.05, 4.69) is 46.4 Å². The highest BCUT2D eigenvalue weighted by atomic mass is 79.9. The number of hydrogen-bond donors (Lipinski definition) is 0. The van der Waals surface area contributed by atoms with Crippen molar-refractivity contribution in [2.24, 2.45) is 0 Å². The molecule has 0 amide bonds. The van der Waals surface area contributed by atoms with Crippen LogP contribution < -0.4 is 0 Å². The van der Waals surface area contributed by atoms with E-state index in [9.17, 15) is 4.79 Å². The Kier molecular flexibility index (Phi) is 3.50. The first kappa shape index (κ1) is 12.2. The average Bonchev–Trinajstić information content (AvgIpc) is 2.14. The standard InChI is InChI=1S/C11H14BrNO2/c1-11(2,3)7-6-13-9(5-8(7)12)10(14)15-4/h5-6H,1-4H3. The molecular formula is C11H14BrNO2. The second-order valence-corrected chi connectivity index (χ2v) is 5.15. The third kappa shape index (κ3) is 2.78. The van der Waals surface area contributed by atoms with Gasteiger partial charge in [-0.25, -0.2) is 9.78 Å². The van der Waals surface area contributed by atoms with Gasteiger partial charge < -0.3 is 4.74 Å². The first-order valence-corrected chi connectivity index (χ1v) is 5.40. The Morgan fingerprint density at radius 2 is 2.07 bits per heavy atom. The number of hydrogen-bond acceptors (Lipinski definition) is 3. The molecule has 0 atom stereocenters. The van der Waals surface area contributed by atoms with Crippen molar-refractivity contribution in [3.8, 4) is 0 Å². The largest absolute Gasteiger partial charge is 0.464 e. The molecule has 1 rings (SSSR count). The van der Waals surface area contributed by atoms with Crippen LogP contribution in [-0.2, 0) is 10.2 Å². The van der Waals surface area contributed by atoms with Gasteiger partial charge in [-0.15, -0.1) is 0 Å². The molecule has 0 saturated carbocycles. The minimum absolute atomic E-state index is 0.000479. The molecule has 0 aliphatic carbocycles. The first-order chi connectivity index (χ1) is 6.86. The van der Waals surface area contributed by atoms with Crippen molar-refractivity contribution in [2.45, 2.75) is 26.2 Å². The van der Waals surface area contributed by atoms with Crippen molar-refractivity contribution in [3.63, 3.8) is 0 Å². The zero-order chi connectivity index (χ0) is 11.6. The molecule has 3 nitrogen and oxygen atoms in total. The second kappa shape index (κ2) is 4.31. The van der Waals surface area contributed by atoms with E-state index in [0.717, 1.165) is 10.0 Å². The lowest BCUT2D eigenvalue weighted by molar-refractivity contribution is 0.0594. The normalized spacial score (nSPS) is 11.3. The molecule has 1 aromatic heterocycles. The van der Waals surface area contributed by atoms with Crippen molar-refractivity contribution >= 4 is 21.9 Å². The van der Waals surface area contributed by atoms with Gasteiger partial charge in [0.2, 0.25) is 0 Å². The molecule has 0 fully saturated rings. The van der Waals surface area contributed by atoms with E-state index < -0.39 is 5.97 Å². The molecule has 0 spiro atoms. The summed E-state index contributed by atoms with van der Waals surface area (Å²) in [5.41, 5.74) is 1.38. The highest BCUT2D eigenvalue weighted by molar-refractivity contribution is 9.10. The predicted octanol–water partition coefficient (Wildman–Crippen LogP) is 2.93. The lowest BCUT2D eigenvalue weighted by Crippen LogP contribution is -2.14. The quantitative estimate of drug-likeness (QED) is 0.738. The molecule has 15 heavy (non-hydrogen) atoms. The zero-order valence-electron chi connectivity index (χ0n) is 9.30. The van der Waals surface area contributed by atoms with Gasteiger partial charge in [0.05, 0.1) is 7.11 Å². The second-order valence-electron chi connectivity index (χ2n) is 4.29. The third-order valence-electron chi connectivity index (χ3n) is 2.06. The molecule has 4 heteroatoms. The van der Waals surface area contributed by atoms with E-state index in [0.29, 0.717) is 5.69 Å². The van der Waals surface area contributed by atoms with Gasteiger partial charge in [0, 0.05) is 10.7 Å². The number of carbonyl (C=O) groups excluding carboxylic acids is 1. The van der Waals surface area contributed by atoms with Gasteiger partial charge in [-0.05, 0) is 17.0 Å². The van der Waals surface area contributed by atoms with Crippen molar-refractivity contribution in [1.82, 2.24) is 4.98 Å². The third-order valence-corrected chi connectivity index (χ3v) is 2.71. The summed E-state index contributed by atoms with van der Waals surface area (Å²) < 4.78 is 5.47. The Bertz CT molecular complexity index is 383. The number of halogens is 1. The first-order valence-electron chi connectivity index (χ1n) is 4.60. The molecule has 0 aliphatic rings. The van der Waals surface area contributed by atoms with Gasteiger partial charge in [-0.3, -0.25) is 0 Å². The summed E-state index contributed by atoms with van der Waals surface area (Å²) in [7, 11) is 1.34. The van der Waals surface area contributed by atoms with Crippen LogP contribution in [0.3, 0.4) is 0 Å². The molecule has 82 valence electrons. The number of esters is 1. The number of aromatic nitrogens is 1. The zero-order valence-corrected chi connectivity index (χ0v) is 10.9. The summed E-state index contributed by atoms with van der Waals surface area (Å²) in [4.78, 5) is 15.3. The maximum absolute atomic E-state index is 11.2. The van der Waals surface area contributed by atoms with Crippen molar-refractivity contribution < 1.29 is 9.53 Å². The molecule has 0 unspecified atom stereocenters. The fourth-order valence-corrected chi connectivity index (χ4v) is 2.11. The van der Waals surface area contributed by atoms with Gasteiger partial charge in [0.1, 0.15) is 5.69 Å². The van der Waals surface area contributed by atoms with Crippen molar-refractivity contribution in [2.75, 3.05) is 7.11 Å². The Morgan fingerprint density at radius 1 is 1.47 bits per heavy atom. The van der Waals surface area contributed by atoms with Crippen LogP contribution in [0.4, 0.5) is 0 Å². The molecule has 0 saturated heterocycles. The summed E-state index contributed by atoms with van der Waals surface area (Å²) in [6.07, 6.45) is 1.70. The Hall–Kier alpha value is -0.900. The van der Waals surface area contributed by atoms with Crippen LogP contribution in [-0.4, -0.2) is 18.1 Å². The summed E-state index contributed by atoms with van der Waals surface area (Å²) in [5.74, 6) is -0.420. The monoisotopic (exact) mass is 271 g/mol. The number of nitrogens with zero attached hydrogens (tertiary/aromatic N) is 1. The van der Waals surface area contributed by atoms with E-state index in [1.54, 1.807) is 12.3 Å². The molecule has 0 N–H and O–H groups in total. The Balaban J connectivity index is 3.15. The highest BCUT2D eigenvalue weighted by Gasteiger charge is 2.19. The Morgan fingerprint density at radius 3 is 2.47 bits per heavy atom. The average molecular weight is 272 g/mol. The molecule has 0 aliphatic heterocycles. The minimum Gasteiger partial charge on any atom is -0.464 e. The van der Waals surface area contributed by atoms with Gasteiger partial charge >= 0.3 is 5.97 Å². The lowest BCUT2D eigenvalue weighted by Gasteiger charge is -2.20. The SMILES string of the molecule is COC(=O)c1cc(Br)c(C(C)(C)C)cn1. The van der Waals surface area contributed by atoms with Gasteiger partial charge in [-0.2, -0.15) is 0 Å². The Labute approximate surface area is 98.0 Å². The highest BCUT2D eigenvalue weighted by Crippen LogP contribution is 2.29. The van der Waals surface area contributed by atoms with Crippen LogP contribution in [0.1, 0.15) is 36.8 Å². The molecular weight excluding hydrogens is 258 g/mol. The summed E-state index contributed by atoms with van der Waals surface area (Å²) in [6, 6.07) is 1.69. The van der Waals surface area contributed by atoms with Crippen LogP contribution in [0, 0.1) is 0 Å². The number of rotatable bonds is 1. The number of pyridine rings is 1. The molecule has 0 radical (unpaired) electrons. The van der Waals surface area contributed by atoms with E-state index >= 15 is 0 Å². The maximum Gasteiger partial charge on any atom is 0.356 e. The van der Waals surface area contributed by atoms with E-state index in [1.807, 2.05) is 0 Å². The molecule has 0 bridgehead atoms. The molecule has 1 aromatic rings. The van der Waals surface area contributed by atoms with Crippen LogP contribution in [0.5, 0.6) is 0 Å². The van der Waals surface area contributed by atoms with Gasteiger partial charge in [0.15, 0.2) is 0 Å². The molecule has 1 heterocycles. The van der Waals surface area contributed by atoms with Crippen LogP contribution in [0.25, 0.3) is 0 Å². The van der Waals surface area contributed by atoms with Crippen LogP contribution >= 0.6 is 15.9 Å². The lowest BCUT2D eigenvalue weighted by atomic mass is 9.88. The van der Waals surface area contributed by atoms with E-state index in [4.69, 9.17) is 0 Å². The summed E-state index contributed by atoms with van der Waals surface area (Å²) >= 11 is 3.43. The van der Waals surface area contributed by atoms with Gasteiger partial charge in [-0.1, -0.05) is 36.7 Å². The minimum atomic E-state index is -0.420. The van der Waals surface area contributed by atoms with E-state index in [1.165, 1.54) is 7.11 Å². The topological polar surface area (TPSA) is 39.2 Å². The predicted molar refractivity (Wildman–Crippen MR) is 62.0 cm³/mol. The van der Waals surface area contributed by atoms with Crippen molar-refractivity contribution in [1.29, 1.82) is 0 Å². The number of ether oxygens (including phenoxy) is 1. The fourth-order valence-electron chi connectivity index (χ4n) is 1.20. The van der Waals surface area contributed by atoms with Crippen molar-refractivity contribution in [3.05, 3.63) is 28.0 Å². The number of carbonyl (C=O) groups is 1. The summed E-state index contributed by atoms with van der Waals surface area (Å²) in [5, 5.41) is 0. The van der Waals surface area contributed by atoms with Gasteiger partial charge in [0.25, 0.3) is 0 Å². The maximum atomic E-state index is 11.2. The van der Waals surface area contributed by atoms with Crippen LogP contribution in [0.2, 0.25) is 0 Å². The smallest absolute Gasteiger partial charge is 0.356 e.